The lowest BCUT2D eigenvalue weighted by atomic mass is 10.6. The van der Waals surface area contributed by atoms with Crippen LogP contribution < -0.4 is 5.73 Å². The standard InChI is InChI=1S/C7H13N5/c1-11(2)7(8)10-6-4-5-9-12(6)3/h4-5H,1-3H3,(H2,8,10). The van der Waals surface area contributed by atoms with Gasteiger partial charge >= 0.3 is 0 Å². The van der Waals surface area contributed by atoms with E-state index in [9.17, 15) is 0 Å². The molecule has 1 heterocycles. The van der Waals surface area contributed by atoms with E-state index in [0.29, 0.717) is 5.96 Å². The molecular weight excluding hydrogens is 154 g/mol. The number of nitrogens with two attached hydrogens (primary N) is 1. The smallest absolute Gasteiger partial charge is 0.197 e. The van der Waals surface area contributed by atoms with Gasteiger partial charge in [0.15, 0.2) is 11.8 Å². The molecule has 2 N–H and O–H groups in total. The second kappa shape index (κ2) is 3.25. The second-order valence-electron chi connectivity index (χ2n) is 2.68. The molecule has 0 unspecified atom stereocenters. The fraction of sp³-hybridized carbons (Fsp3) is 0.429. The molecule has 0 aliphatic carbocycles. The summed E-state index contributed by atoms with van der Waals surface area (Å²) in [5.41, 5.74) is 5.61. The first-order chi connectivity index (χ1) is 5.61. The summed E-state index contributed by atoms with van der Waals surface area (Å²) in [6.45, 7) is 0. The van der Waals surface area contributed by atoms with Crippen molar-refractivity contribution in [2.24, 2.45) is 17.8 Å². The highest BCUT2D eigenvalue weighted by Crippen LogP contribution is 2.07. The van der Waals surface area contributed by atoms with Gasteiger partial charge in [-0.15, -0.1) is 0 Å². The first-order valence-corrected chi connectivity index (χ1v) is 3.60. The molecule has 0 saturated carbocycles. The quantitative estimate of drug-likeness (QED) is 0.470. The van der Waals surface area contributed by atoms with Crippen LogP contribution >= 0.6 is 0 Å². The molecule has 1 aromatic rings. The third-order valence-electron chi connectivity index (χ3n) is 1.48. The average Bonchev–Trinajstić information content (AvgIpc) is 2.36. The van der Waals surface area contributed by atoms with Crippen LogP contribution in [0.3, 0.4) is 0 Å². The molecule has 5 nitrogen and oxygen atoms in total. The molecular formula is C7H13N5. The van der Waals surface area contributed by atoms with E-state index in [1.807, 2.05) is 21.1 Å². The number of guanidine groups is 1. The largest absolute Gasteiger partial charge is 0.369 e. The van der Waals surface area contributed by atoms with Gasteiger partial charge in [0.1, 0.15) is 0 Å². The molecule has 0 fully saturated rings. The Morgan fingerprint density at radius 1 is 1.67 bits per heavy atom. The van der Waals surface area contributed by atoms with Crippen molar-refractivity contribution in [2.75, 3.05) is 14.1 Å². The van der Waals surface area contributed by atoms with Crippen LogP contribution in [0.25, 0.3) is 0 Å². The lowest BCUT2D eigenvalue weighted by molar-refractivity contribution is 0.613. The van der Waals surface area contributed by atoms with Crippen molar-refractivity contribution in [3.63, 3.8) is 0 Å². The van der Waals surface area contributed by atoms with Gasteiger partial charge in [-0.2, -0.15) is 10.1 Å². The summed E-state index contributed by atoms with van der Waals surface area (Å²) in [6.07, 6.45) is 1.68. The highest BCUT2D eigenvalue weighted by molar-refractivity contribution is 5.79. The van der Waals surface area contributed by atoms with Crippen molar-refractivity contribution in [3.05, 3.63) is 12.3 Å². The van der Waals surface area contributed by atoms with Crippen molar-refractivity contribution in [2.45, 2.75) is 0 Å². The number of aliphatic imine (C=N–C) groups is 1. The number of rotatable bonds is 1. The van der Waals surface area contributed by atoms with Gasteiger partial charge in [0.2, 0.25) is 0 Å². The van der Waals surface area contributed by atoms with E-state index in [0.717, 1.165) is 5.82 Å². The molecule has 0 aliphatic heterocycles. The van der Waals surface area contributed by atoms with E-state index >= 15 is 0 Å². The fourth-order valence-corrected chi connectivity index (χ4v) is 0.694. The Morgan fingerprint density at radius 3 is 2.75 bits per heavy atom. The van der Waals surface area contributed by atoms with Gasteiger partial charge in [-0.25, -0.2) is 0 Å². The van der Waals surface area contributed by atoms with Crippen molar-refractivity contribution >= 4 is 11.8 Å². The summed E-state index contributed by atoms with van der Waals surface area (Å²) >= 11 is 0. The van der Waals surface area contributed by atoms with Crippen LogP contribution in [-0.2, 0) is 7.05 Å². The summed E-state index contributed by atoms with van der Waals surface area (Å²) in [6, 6.07) is 1.80. The number of nitrogens with zero attached hydrogens (tertiary/aromatic N) is 4. The van der Waals surface area contributed by atoms with Gasteiger partial charge in [-0.1, -0.05) is 0 Å². The number of hydrogen-bond acceptors (Lipinski definition) is 2. The minimum absolute atomic E-state index is 0.471. The fourth-order valence-electron chi connectivity index (χ4n) is 0.694. The van der Waals surface area contributed by atoms with Gasteiger partial charge < -0.3 is 10.6 Å². The Bertz CT molecular complexity index is 286. The normalized spacial score (nSPS) is 11.8. The summed E-state index contributed by atoms with van der Waals surface area (Å²) < 4.78 is 1.66. The highest BCUT2D eigenvalue weighted by Gasteiger charge is 1.98. The maximum atomic E-state index is 5.61. The van der Waals surface area contributed by atoms with E-state index in [2.05, 4.69) is 10.1 Å². The van der Waals surface area contributed by atoms with E-state index in [-0.39, 0.29) is 0 Å². The molecule has 5 heteroatoms. The minimum atomic E-state index is 0.471. The van der Waals surface area contributed by atoms with E-state index in [4.69, 9.17) is 5.73 Å². The molecule has 1 rings (SSSR count). The van der Waals surface area contributed by atoms with Crippen molar-refractivity contribution in [1.82, 2.24) is 14.7 Å². The molecule has 0 radical (unpaired) electrons. The molecule has 0 amide bonds. The summed E-state index contributed by atoms with van der Waals surface area (Å²) in [5, 5.41) is 3.96. The van der Waals surface area contributed by atoms with Crippen LogP contribution in [0.5, 0.6) is 0 Å². The Morgan fingerprint density at radius 2 is 2.33 bits per heavy atom. The first-order valence-electron chi connectivity index (χ1n) is 3.60. The first kappa shape index (κ1) is 8.58. The lowest BCUT2D eigenvalue weighted by Gasteiger charge is -2.09. The molecule has 0 saturated heterocycles. The van der Waals surface area contributed by atoms with E-state index in [1.54, 1.807) is 21.8 Å². The lowest BCUT2D eigenvalue weighted by Crippen LogP contribution is -2.29. The van der Waals surface area contributed by atoms with E-state index < -0.39 is 0 Å². The SMILES string of the molecule is CN(C)/C(N)=N/c1ccnn1C. The minimum Gasteiger partial charge on any atom is -0.369 e. The molecule has 12 heavy (non-hydrogen) atoms. The molecule has 0 aromatic carbocycles. The van der Waals surface area contributed by atoms with Crippen LogP contribution in [0.15, 0.2) is 17.3 Å². The van der Waals surface area contributed by atoms with Crippen molar-refractivity contribution < 1.29 is 0 Å². The highest BCUT2D eigenvalue weighted by atomic mass is 15.3. The molecule has 0 spiro atoms. The number of aromatic nitrogens is 2. The number of aryl methyl sites for hydroxylation is 1. The predicted molar refractivity (Wildman–Crippen MR) is 48.2 cm³/mol. The summed E-state index contributed by atoms with van der Waals surface area (Å²) in [5.74, 6) is 1.22. The molecule has 0 atom stereocenters. The van der Waals surface area contributed by atoms with Crippen LogP contribution in [0.4, 0.5) is 5.82 Å². The molecule has 66 valence electrons. The Balaban J connectivity index is 2.87. The van der Waals surface area contributed by atoms with E-state index in [1.165, 1.54) is 0 Å². The van der Waals surface area contributed by atoms with Crippen LogP contribution in [0.1, 0.15) is 0 Å². The van der Waals surface area contributed by atoms with Gasteiger partial charge in [0, 0.05) is 27.2 Å². The monoisotopic (exact) mass is 167 g/mol. The third-order valence-corrected chi connectivity index (χ3v) is 1.48. The molecule has 0 aliphatic rings. The Hall–Kier alpha value is -1.52. The average molecular weight is 167 g/mol. The maximum absolute atomic E-state index is 5.61. The van der Waals surface area contributed by atoms with Crippen LogP contribution in [-0.4, -0.2) is 34.7 Å². The van der Waals surface area contributed by atoms with Crippen LogP contribution in [0.2, 0.25) is 0 Å². The topological polar surface area (TPSA) is 59.4 Å². The van der Waals surface area contributed by atoms with Gasteiger partial charge in [0.25, 0.3) is 0 Å². The zero-order valence-electron chi connectivity index (χ0n) is 7.52. The Labute approximate surface area is 71.5 Å². The van der Waals surface area contributed by atoms with Gasteiger partial charge in [0.05, 0.1) is 6.20 Å². The summed E-state index contributed by atoms with van der Waals surface area (Å²) in [4.78, 5) is 5.88. The van der Waals surface area contributed by atoms with Gasteiger partial charge in [-0.05, 0) is 0 Å². The predicted octanol–water partition coefficient (Wildman–Crippen LogP) is -0.0721. The summed E-state index contributed by atoms with van der Waals surface area (Å²) in [7, 11) is 5.51. The van der Waals surface area contributed by atoms with Crippen LogP contribution in [0, 0.1) is 0 Å². The van der Waals surface area contributed by atoms with Crippen molar-refractivity contribution in [3.8, 4) is 0 Å². The maximum Gasteiger partial charge on any atom is 0.197 e. The Kier molecular flexibility index (Phi) is 2.32. The molecule has 0 bridgehead atoms. The molecule has 1 aromatic heterocycles. The zero-order chi connectivity index (χ0) is 9.14. The second-order valence-corrected chi connectivity index (χ2v) is 2.68. The number of hydrogen-bond donors (Lipinski definition) is 1. The van der Waals surface area contributed by atoms with Crippen molar-refractivity contribution in [1.29, 1.82) is 0 Å². The zero-order valence-corrected chi connectivity index (χ0v) is 7.52. The third kappa shape index (κ3) is 1.75. The van der Waals surface area contributed by atoms with Gasteiger partial charge in [-0.3, -0.25) is 4.68 Å².